The number of ether oxygens (including phenoxy) is 1. The van der Waals surface area contributed by atoms with E-state index in [9.17, 15) is 4.79 Å². The average Bonchev–Trinajstić information content (AvgIpc) is 2.74. The maximum atomic E-state index is 12.1. The van der Waals surface area contributed by atoms with Gasteiger partial charge in [-0.3, -0.25) is 4.79 Å². The molecular formula is C12H13NO2. The highest BCUT2D eigenvalue weighted by Gasteiger charge is 2.53. The molecule has 2 heterocycles. The molecule has 0 saturated carbocycles. The van der Waals surface area contributed by atoms with Gasteiger partial charge in [0.25, 0.3) is 0 Å². The first-order chi connectivity index (χ1) is 7.25. The van der Waals surface area contributed by atoms with E-state index in [1.807, 2.05) is 31.2 Å². The Kier molecular flexibility index (Phi) is 1.68. The third kappa shape index (κ3) is 0.960. The average molecular weight is 203 g/mol. The first-order valence-corrected chi connectivity index (χ1v) is 5.28. The first-order valence-electron chi connectivity index (χ1n) is 5.28. The molecule has 15 heavy (non-hydrogen) atoms. The van der Waals surface area contributed by atoms with Gasteiger partial charge in [-0.25, -0.2) is 0 Å². The van der Waals surface area contributed by atoms with Gasteiger partial charge in [-0.05, 0) is 25.0 Å². The van der Waals surface area contributed by atoms with Crippen LogP contribution in [0.4, 0.5) is 5.69 Å². The van der Waals surface area contributed by atoms with Crippen molar-refractivity contribution in [2.75, 3.05) is 11.9 Å². The quantitative estimate of drug-likeness (QED) is 0.696. The number of hydrogen-bond donors (Lipinski definition) is 1. The molecular weight excluding hydrogens is 190 g/mol. The van der Waals surface area contributed by atoms with Crippen molar-refractivity contribution < 1.29 is 9.53 Å². The van der Waals surface area contributed by atoms with Crippen molar-refractivity contribution in [3.8, 4) is 0 Å². The normalized spacial score (nSPS) is 33.1. The van der Waals surface area contributed by atoms with Gasteiger partial charge in [-0.2, -0.15) is 0 Å². The Morgan fingerprint density at radius 1 is 1.47 bits per heavy atom. The molecule has 3 heteroatoms. The van der Waals surface area contributed by atoms with Crippen LogP contribution < -0.4 is 5.32 Å². The number of anilines is 1. The lowest BCUT2D eigenvalue weighted by molar-refractivity contribution is -0.122. The lowest BCUT2D eigenvalue weighted by Crippen LogP contribution is -2.40. The molecule has 3 rings (SSSR count). The van der Waals surface area contributed by atoms with Gasteiger partial charge in [0.15, 0.2) is 0 Å². The number of carbonyl (C=O) groups excluding carboxylic acids is 1. The van der Waals surface area contributed by atoms with E-state index in [1.54, 1.807) is 0 Å². The second kappa shape index (κ2) is 2.83. The number of hydrogen-bond acceptors (Lipinski definition) is 2. The van der Waals surface area contributed by atoms with Crippen LogP contribution in [0, 0.1) is 0 Å². The summed E-state index contributed by atoms with van der Waals surface area (Å²) >= 11 is 0. The number of benzene rings is 1. The summed E-state index contributed by atoms with van der Waals surface area (Å²) in [4.78, 5) is 12.1. The van der Waals surface area contributed by atoms with Gasteiger partial charge in [0, 0.05) is 12.3 Å². The fraction of sp³-hybridized carbons (Fsp3) is 0.417. The zero-order chi connectivity index (χ0) is 10.5. The third-order valence-electron chi connectivity index (χ3n) is 3.62. The van der Waals surface area contributed by atoms with E-state index in [1.165, 1.54) is 0 Å². The number of amides is 1. The van der Waals surface area contributed by atoms with Gasteiger partial charge in [0.1, 0.15) is 5.41 Å². The maximum Gasteiger partial charge on any atom is 0.237 e. The van der Waals surface area contributed by atoms with E-state index in [0.29, 0.717) is 6.61 Å². The van der Waals surface area contributed by atoms with Crippen LogP contribution in [-0.4, -0.2) is 18.6 Å². The van der Waals surface area contributed by atoms with E-state index in [2.05, 4.69) is 5.32 Å². The highest BCUT2D eigenvalue weighted by atomic mass is 16.5. The molecule has 1 N–H and O–H groups in total. The minimum Gasteiger partial charge on any atom is -0.377 e. The van der Waals surface area contributed by atoms with Crippen molar-refractivity contribution in [3.05, 3.63) is 29.8 Å². The maximum absolute atomic E-state index is 12.1. The molecule has 2 atom stereocenters. The van der Waals surface area contributed by atoms with Crippen LogP contribution in [0.2, 0.25) is 0 Å². The zero-order valence-corrected chi connectivity index (χ0v) is 8.62. The molecule has 0 bridgehead atoms. The standard InChI is InChI=1S/C12H13NO2/c1-8-12(6-7-15-8)9-4-2-3-5-10(9)13-11(12)14/h2-5,8H,6-7H2,1H3,(H,13,14)/t8-,12+/m0/s1. The molecule has 78 valence electrons. The van der Waals surface area contributed by atoms with Crippen molar-refractivity contribution in [2.24, 2.45) is 0 Å². The van der Waals surface area contributed by atoms with E-state index < -0.39 is 5.41 Å². The minimum atomic E-state index is -0.434. The van der Waals surface area contributed by atoms with Gasteiger partial charge in [0.05, 0.1) is 6.10 Å². The molecule has 2 aliphatic heterocycles. The van der Waals surface area contributed by atoms with Crippen molar-refractivity contribution in [1.29, 1.82) is 0 Å². The van der Waals surface area contributed by atoms with Crippen molar-refractivity contribution >= 4 is 11.6 Å². The number of rotatable bonds is 0. The molecule has 0 aliphatic carbocycles. The predicted octanol–water partition coefficient (Wildman–Crippen LogP) is 1.69. The topological polar surface area (TPSA) is 38.3 Å². The second-order valence-corrected chi connectivity index (χ2v) is 4.23. The van der Waals surface area contributed by atoms with Crippen molar-refractivity contribution in [3.63, 3.8) is 0 Å². The SMILES string of the molecule is C[C@@H]1OCC[C@@]12C(=O)Nc1ccccc12. The summed E-state index contributed by atoms with van der Waals surface area (Å²) in [6.07, 6.45) is 0.762. The smallest absolute Gasteiger partial charge is 0.237 e. The number of para-hydroxylation sites is 1. The van der Waals surface area contributed by atoms with Gasteiger partial charge >= 0.3 is 0 Å². The highest BCUT2D eigenvalue weighted by molar-refractivity contribution is 6.06. The first kappa shape index (κ1) is 8.92. The Hall–Kier alpha value is -1.35. The molecule has 3 nitrogen and oxygen atoms in total. The van der Waals surface area contributed by atoms with E-state index in [4.69, 9.17) is 4.74 Å². The monoisotopic (exact) mass is 203 g/mol. The van der Waals surface area contributed by atoms with Crippen LogP contribution in [0.25, 0.3) is 0 Å². The molecule has 1 aromatic carbocycles. The summed E-state index contributed by atoms with van der Waals surface area (Å²) < 4.78 is 5.56. The van der Waals surface area contributed by atoms with Gasteiger partial charge in [-0.1, -0.05) is 18.2 Å². The van der Waals surface area contributed by atoms with Crippen LogP contribution in [0.3, 0.4) is 0 Å². The number of fused-ring (bicyclic) bond motifs is 2. The molecule has 1 saturated heterocycles. The molecule has 0 unspecified atom stereocenters. The summed E-state index contributed by atoms with van der Waals surface area (Å²) in [6, 6.07) is 7.90. The molecule has 1 amide bonds. The zero-order valence-electron chi connectivity index (χ0n) is 8.62. The Morgan fingerprint density at radius 3 is 3.00 bits per heavy atom. The summed E-state index contributed by atoms with van der Waals surface area (Å²) in [6.45, 7) is 2.65. The summed E-state index contributed by atoms with van der Waals surface area (Å²) in [5, 5.41) is 2.94. The van der Waals surface area contributed by atoms with Crippen LogP contribution in [0.5, 0.6) is 0 Å². The van der Waals surface area contributed by atoms with Crippen LogP contribution in [0.1, 0.15) is 18.9 Å². The van der Waals surface area contributed by atoms with Crippen LogP contribution in [-0.2, 0) is 14.9 Å². The van der Waals surface area contributed by atoms with Crippen molar-refractivity contribution in [2.45, 2.75) is 24.9 Å². The summed E-state index contributed by atoms with van der Waals surface area (Å²) in [7, 11) is 0. The Labute approximate surface area is 88.4 Å². The Morgan fingerprint density at radius 2 is 2.27 bits per heavy atom. The fourth-order valence-electron chi connectivity index (χ4n) is 2.73. The number of nitrogens with one attached hydrogen (secondary N) is 1. The minimum absolute atomic E-state index is 0.0267. The van der Waals surface area contributed by atoms with E-state index in [0.717, 1.165) is 17.7 Å². The van der Waals surface area contributed by atoms with Gasteiger partial charge < -0.3 is 10.1 Å². The van der Waals surface area contributed by atoms with Crippen LogP contribution >= 0.6 is 0 Å². The Balaban J connectivity index is 2.21. The molecule has 2 aliphatic rings. The van der Waals surface area contributed by atoms with Gasteiger partial charge in [0.2, 0.25) is 5.91 Å². The lowest BCUT2D eigenvalue weighted by atomic mass is 9.76. The highest BCUT2D eigenvalue weighted by Crippen LogP contribution is 2.46. The third-order valence-corrected chi connectivity index (χ3v) is 3.62. The second-order valence-electron chi connectivity index (χ2n) is 4.23. The van der Waals surface area contributed by atoms with Gasteiger partial charge in [-0.15, -0.1) is 0 Å². The van der Waals surface area contributed by atoms with Crippen LogP contribution in [0.15, 0.2) is 24.3 Å². The summed E-state index contributed by atoms with van der Waals surface area (Å²) in [5.74, 6) is 0.0914. The molecule has 0 aromatic heterocycles. The largest absolute Gasteiger partial charge is 0.377 e. The van der Waals surface area contributed by atoms with E-state index in [-0.39, 0.29) is 12.0 Å². The summed E-state index contributed by atoms with van der Waals surface area (Å²) in [5.41, 5.74) is 1.61. The molecule has 1 aromatic rings. The lowest BCUT2D eigenvalue weighted by Gasteiger charge is -2.24. The van der Waals surface area contributed by atoms with Crippen molar-refractivity contribution in [1.82, 2.24) is 0 Å². The number of carbonyl (C=O) groups is 1. The predicted molar refractivity (Wildman–Crippen MR) is 56.8 cm³/mol. The molecule has 1 fully saturated rings. The van der Waals surface area contributed by atoms with E-state index >= 15 is 0 Å². The molecule has 0 radical (unpaired) electrons. The Bertz CT molecular complexity index is 429. The fourth-order valence-corrected chi connectivity index (χ4v) is 2.73. The molecule has 1 spiro atoms.